The summed E-state index contributed by atoms with van der Waals surface area (Å²) in [6.45, 7) is 7.78. The molecule has 0 aromatic heterocycles. The van der Waals surface area contributed by atoms with Crippen LogP contribution in [0.1, 0.15) is 20.8 Å². The number of carbonyl (C=O) groups is 1. The van der Waals surface area contributed by atoms with Crippen LogP contribution < -0.4 is 5.32 Å². The maximum absolute atomic E-state index is 14.0. The number of ether oxygens (including phenoxy) is 3. The molecule has 6 nitrogen and oxygen atoms in total. The smallest absolute Gasteiger partial charge is 0.323 e. The van der Waals surface area contributed by atoms with Gasteiger partial charge in [-0.15, -0.1) is 6.58 Å². The zero-order valence-electron chi connectivity index (χ0n) is 12.4. The van der Waals surface area contributed by atoms with Gasteiger partial charge in [0, 0.05) is 7.11 Å². The van der Waals surface area contributed by atoms with Crippen molar-refractivity contribution in [3.63, 3.8) is 0 Å². The van der Waals surface area contributed by atoms with Gasteiger partial charge in [0.15, 0.2) is 0 Å². The fourth-order valence-electron chi connectivity index (χ4n) is 1.23. The van der Waals surface area contributed by atoms with Crippen molar-refractivity contribution in [2.24, 2.45) is 0 Å². The Hall–Kier alpha value is -1.02. The molecule has 0 bridgehead atoms. The number of halogens is 1. The first-order chi connectivity index (χ1) is 9.26. The monoisotopic (exact) mass is 293 g/mol. The summed E-state index contributed by atoms with van der Waals surface area (Å²) >= 11 is 0. The van der Waals surface area contributed by atoms with Gasteiger partial charge in [-0.2, -0.15) is 0 Å². The van der Waals surface area contributed by atoms with Crippen LogP contribution >= 0.6 is 0 Å². The number of nitrogens with one attached hydrogen (secondary N) is 1. The second-order valence-corrected chi connectivity index (χ2v) is 4.58. The molecule has 0 fully saturated rings. The lowest BCUT2D eigenvalue weighted by molar-refractivity contribution is -0.209. The Balaban J connectivity index is 4.06. The maximum Gasteiger partial charge on any atom is 0.323 e. The van der Waals surface area contributed by atoms with E-state index in [4.69, 9.17) is 9.47 Å². The van der Waals surface area contributed by atoms with E-state index in [1.807, 2.05) is 0 Å². The summed E-state index contributed by atoms with van der Waals surface area (Å²) in [7, 11) is 1.12. The molecule has 0 rings (SSSR count). The predicted molar refractivity (Wildman–Crippen MR) is 71.7 cm³/mol. The Kier molecular flexibility index (Phi) is 8.56. The SMILES string of the molecule is C=C[C@H](O)[C@@](F)(COCN[C@@H](C)C(=O)OC(C)C)OC. The minimum absolute atomic E-state index is 0.0900. The highest BCUT2D eigenvalue weighted by Crippen LogP contribution is 2.18. The zero-order chi connectivity index (χ0) is 15.8. The Labute approximate surface area is 118 Å². The Bertz CT molecular complexity index is 313. The summed E-state index contributed by atoms with van der Waals surface area (Å²) in [5.41, 5.74) is 0. The number of methoxy groups -OCH3 is 1. The molecule has 0 aromatic rings. The minimum atomic E-state index is -2.37. The molecule has 3 atom stereocenters. The fraction of sp³-hybridized carbons (Fsp3) is 0.769. The molecule has 0 saturated carbocycles. The van der Waals surface area contributed by atoms with Gasteiger partial charge < -0.3 is 19.3 Å². The lowest BCUT2D eigenvalue weighted by Gasteiger charge is -2.26. The molecule has 0 radical (unpaired) electrons. The minimum Gasteiger partial charge on any atom is -0.462 e. The first-order valence-electron chi connectivity index (χ1n) is 6.33. The van der Waals surface area contributed by atoms with Gasteiger partial charge in [-0.1, -0.05) is 6.08 Å². The molecule has 20 heavy (non-hydrogen) atoms. The molecule has 0 heterocycles. The number of aliphatic hydroxyl groups is 1. The van der Waals surface area contributed by atoms with Crippen molar-refractivity contribution in [1.29, 1.82) is 0 Å². The molecule has 0 unspecified atom stereocenters. The van der Waals surface area contributed by atoms with Crippen LogP contribution in [0.25, 0.3) is 0 Å². The summed E-state index contributed by atoms with van der Waals surface area (Å²) in [4.78, 5) is 11.5. The lowest BCUT2D eigenvalue weighted by atomic mass is 10.2. The predicted octanol–water partition coefficient (Wildman–Crippen LogP) is 0.749. The number of hydrogen-bond acceptors (Lipinski definition) is 6. The molecular weight excluding hydrogens is 269 g/mol. The third kappa shape index (κ3) is 6.42. The molecule has 0 amide bonds. The number of hydrogen-bond donors (Lipinski definition) is 2. The zero-order valence-corrected chi connectivity index (χ0v) is 12.4. The van der Waals surface area contributed by atoms with Crippen molar-refractivity contribution < 1.29 is 28.5 Å². The average molecular weight is 293 g/mol. The Morgan fingerprint density at radius 2 is 2.10 bits per heavy atom. The van der Waals surface area contributed by atoms with Gasteiger partial charge in [-0.25, -0.2) is 4.39 Å². The van der Waals surface area contributed by atoms with Crippen LogP contribution in [-0.4, -0.2) is 55.6 Å². The van der Waals surface area contributed by atoms with Crippen LogP contribution in [0.2, 0.25) is 0 Å². The molecule has 0 saturated heterocycles. The van der Waals surface area contributed by atoms with Gasteiger partial charge in [0.1, 0.15) is 18.8 Å². The number of aliphatic hydroxyl groups excluding tert-OH is 1. The van der Waals surface area contributed by atoms with Gasteiger partial charge >= 0.3 is 5.97 Å². The molecular formula is C13H24FNO5. The van der Waals surface area contributed by atoms with E-state index in [9.17, 15) is 14.3 Å². The quantitative estimate of drug-likeness (QED) is 0.268. The van der Waals surface area contributed by atoms with E-state index in [1.165, 1.54) is 0 Å². The van der Waals surface area contributed by atoms with E-state index >= 15 is 0 Å². The number of esters is 1. The van der Waals surface area contributed by atoms with E-state index in [1.54, 1.807) is 20.8 Å². The van der Waals surface area contributed by atoms with Crippen LogP contribution in [0.5, 0.6) is 0 Å². The number of alkyl halides is 1. The Morgan fingerprint density at radius 3 is 2.55 bits per heavy atom. The molecule has 0 aliphatic rings. The van der Waals surface area contributed by atoms with E-state index < -0.39 is 30.6 Å². The van der Waals surface area contributed by atoms with Gasteiger partial charge in [-0.05, 0) is 20.8 Å². The van der Waals surface area contributed by atoms with Crippen LogP contribution in [0.15, 0.2) is 12.7 Å². The third-order valence-corrected chi connectivity index (χ3v) is 2.50. The topological polar surface area (TPSA) is 77.0 Å². The highest BCUT2D eigenvalue weighted by molar-refractivity contribution is 5.75. The van der Waals surface area contributed by atoms with E-state index in [-0.39, 0.29) is 12.8 Å². The van der Waals surface area contributed by atoms with E-state index in [2.05, 4.69) is 16.6 Å². The van der Waals surface area contributed by atoms with Crippen molar-refractivity contribution >= 4 is 5.97 Å². The molecule has 0 aliphatic heterocycles. The number of rotatable bonds is 10. The van der Waals surface area contributed by atoms with Gasteiger partial charge in [0.2, 0.25) is 0 Å². The van der Waals surface area contributed by atoms with Crippen LogP contribution in [0.4, 0.5) is 4.39 Å². The van der Waals surface area contributed by atoms with Crippen molar-refractivity contribution in [1.82, 2.24) is 5.32 Å². The lowest BCUT2D eigenvalue weighted by Crippen LogP contribution is -2.45. The van der Waals surface area contributed by atoms with E-state index in [0.717, 1.165) is 13.2 Å². The highest BCUT2D eigenvalue weighted by atomic mass is 19.2. The summed E-state index contributed by atoms with van der Waals surface area (Å²) in [5, 5.41) is 12.1. The van der Waals surface area contributed by atoms with Gasteiger partial charge in [0.25, 0.3) is 5.85 Å². The van der Waals surface area contributed by atoms with Gasteiger partial charge in [-0.3, -0.25) is 10.1 Å². The largest absolute Gasteiger partial charge is 0.462 e. The molecule has 7 heteroatoms. The highest BCUT2D eigenvalue weighted by Gasteiger charge is 2.37. The van der Waals surface area contributed by atoms with Crippen LogP contribution in [0.3, 0.4) is 0 Å². The number of carbonyl (C=O) groups excluding carboxylic acids is 1. The molecule has 0 spiro atoms. The normalized spacial score (nSPS) is 17.4. The summed E-state index contributed by atoms with van der Waals surface area (Å²) in [6.07, 6.45) is -0.693. The van der Waals surface area contributed by atoms with Crippen molar-refractivity contribution in [3.8, 4) is 0 Å². The summed E-state index contributed by atoms with van der Waals surface area (Å²) in [6, 6.07) is -0.585. The van der Waals surface area contributed by atoms with Gasteiger partial charge in [0.05, 0.1) is 12.8 Å². The first-order valence-corrected chi connectivity index (χ1v) is 6.33. The van der Waals surface area contributed by atoms with Crippen LogP contribution in [0, 0.1) is 0 Å². The van der Waals surface area contributed by atoms with E-state index in [0.29, 0.717) is 0 Å². The standard InChI is InChI=1S/C13H24FNO5/c1-6-11(16)13(14,18-5)7-19-8-15-10(4)12(17)20-9(2)3/h6,9-11,15-16H,1,7-8H2,2-5H3/t10-,11-,13+/m0/s1. The average Bonchev–Trinajstić information content (AvgIpc) is 2.41. The van der Waals surface area contributed by atoms with Crippen molar-refractivity contribution in [2.75, 3.05) is 20.4 Å². The third-order valence-electron chi connectivity index (χ3n) is 2.50. The molecule has 0 aromatic carbocycles. The molecule has 2 N–H and O–H groups in total. The maximum atomic E-state index is 14.0. The molecule has 118 valence electrons. The first kappa shape index (κ1) is 19.0. The fourth-order valence-corrected chi connectivity index (χ4v) is 1.23. The summed E-state index contributed by atoms with van der Waals surface area (Å²) < 4.78 is 28.5. The Morgan fingerprint density at radius 1 is 1.50 bits per heavy atom. The van der Waals surface area contributed by atoms with Crippen molar-refractivity contribution in [2.45, 2.75) is 44.9 Å². The molecule has 0 aliphatic carbocycles. The summed E-state index contributed by atoms with van der Waals surface area (Å²) in [5.74, 6) is -2.79. The van der Waals surface area contributed by atoms with Crippen molar-refractivity contribution in [3.05, 3.63) is 12.7 Å². The second-order valence-electron chi connectivity index (χ2n) is 4.58. The van der Waals surface area contributed by atoms with Crippen LogP contribution in [-0.2, 0) is 19.0 Å². The second kappa shape index (κ2) is 9.02.